The van der Waals surface area contributed by atoms with Crippen molar-refractivity contribution in [3.63, 3.8) is 0 Å². The quantitative estimate of drug-likeness (QED) is 0.797. The third-order valence-electron chi connectivity index (χ3n) is 3.56. The van der Waals surface area contributed by atoms with Gasteiger partial charge in [-0.1, -0.05) is 34.8 Å². The second-order valence-corrected chi connectivity index (χ2v) is 6.77. The molecule has 7 heteroatoms. The fraction of sp³-hybridized carbons (Fsp3) is 0.176. The molecule has 0 radical (unpaired) electrons. The fourth-order valence-electron chi connectivity index (χ4n) is 2.14. The van der Waals surface area contributed by atoms with Crippen molar-refractivity contribution in [2.75, 3.05) is 5.32 Å². The van der Waals surface area contributed by atoms with E-state index in [0.29, 0.717) is 21.3 Å². The van der Waals surface area contributed by atoms with Crippen LogP contribution in [0, 0.1) is 0 Å². The minimum absolute atomic E-state index is 0.210. The van der Waals surface area contributed by atoms with Crippen molar-refractivity contribution in [3.8, 4) is 0 Å². The summed E-state index contributed by atoms with van der Waals surface area (Å²) in [6, 6.07) is 9.61. The second kappa shape index (κ2) is 7.01. The molecule has 2 aromatic carbocycles. The lowest BCUT2D eigenvalue weighted by atomic mass is 10.1. The summed E-state index contributed by atoms with van der Waals surface area (Å²) in [5.41, 5.74) is 1.10. The van der Waals surface area contributed by atoms with Crippen LogP contribution in [0.1, 0.15) is 33.6 Å². The highest BCUT2D eigenvalue weighted by atomic mass is 35.5. The first-order chi connectivity index (χ1) is 11.4. The molecule has 24 heavy (non-hydrogen) atoms. The van der Waals surface area contributed by atoms with Gasteiger partial charge in [0.25, 0.3) is 11.8 Å². The summed E-state index contributed by atoms with van der Waals surface area (Å²) in [5.74, 6) is -0.619. The summed E-state index contributed by atoms with van der Waals surface area (Å²) < 4.78 is 0. The van der Waals surface area contributed by atoms with E-state index in [1.807, 2.05) is 0 Å². The molecule has 2 aromatic rings. The molecule has 3 rings (SSSR count). The van der Waals surface area contributed by atoms with E-state index in [0.717, 1.165) is 12.8 Å². The minimum atomic E-state index is -0.409. The average Bonchev–Trinajstić information content (AvgIpc) is 3.33. The number of nitrogens with one attached hydrogen (secondary N) is 2. The monoisotopic (exact) mass is 382 g/mol. The second-order valence-electron chi connectivity index (χ2n) is 5.52. The molecule has 1 fully saturated rings. The van der Waals surface area contributed by atoms with Gasteiger partial charge in [0.1, 0.15) is 0 Å². The number of carbonyl (C=O) groups is 2. The number of halogens is 3. The summed E-state index contributed by atoms with van der Waals surface area (Å²) in [4.78, 5) is 24.3. The Kier molecular flexibility index (Phi) is 4.99. The van der Waals surface area contributed by atoms with Crippen LogP contribution in [0.15, 0.2) is 36.4 Å². The van der Waals surface area contributed by atoms with Gasteiger partial charge in [-0.15, -0.1) is 0 Å². The average molecular weight is 384 g/mol. The normalized spacial score (nSPS) is 13.5. The predicted molar refractivity (Wildman–Crippen MR) is 96.4 cm³/mol. The van der Waals surface area contributed by atoms with Crippen molar-refractivity contribution in [2.45, 2.75) is 18.9 Å². The van der Waals surface area contributed by atoms with Crippen LogP contribution in [0.5, 0.6) is 0 Å². The Morgan fingerprint density at radius 2 is 1.62 bits per heavy atom. The molecule has 2 N–H and O–H groups in total. The van der Waals surface area contributed by atoms with Gasteiger partial charge >= 0.3 is 0 Å². The maximum atomic E-state index is 12.3. The van der Waals surface area contributed by atoms with Crippen LogP contribution in [0.25, 0.3) is 0 Å². The van der Waals surface area contributed by atoms with Crippen molar-refractivity contribution in [1.29, 1.82) is 0 Å². The van der Waals surface area contributed by atoms with E-state index in [-0.39, 0.29) is 22.5 Å². The van der Waals surface area contributed by atoms with Gasteiger partial charge in [0.15, 0.2) is 0 Å². The Balaban J connectivity index is 1.75. The zero-order valence-electron chi connectivity index (χ0n) is 12.4. The lowest BCUT2D eigenvalue weighted by Crippen LogP contribution is -2.25. The minimum Gasteiger partial charge on any atom is -0.349 e. The van der Waals surface area contributed by atoms with E-state index in [4.69, 9.17) is 34.8 Å². The Morgan fingerprint density at radius 3 is 2.29 bits per heavy atom. The first kappa shape index (κ1) is 17.1. The number of carbonyl (C=O) groups excluding carboxylic acids is 2. The zero-order chi connectivity index (χ0) is 17.3. The number of hydrogen-bond donors (Lipinski definition) is 2. The van der Waals surface area contributed by atoms with Crippen molar-refractivity contribution in [2.24, 2.45) is 0 Å². The summed E-state index contributed by atoms with van der Waals surface area (Å²) in [6.07, 6.45) is 2.00. The molecule has 0 atom stereocenters. The summed E-state index contributed by atoms with van der Waals surface area (Å²) in [6.45, 7) is 0. The topological polar surface area (TPSA) is 58.2 Å². The van der Waals surface area contributed by atoms with Gasteiger partial charge in [-0.2, -0.15) is 0 Å². The van der Waals surface area contributed by atoms with Crippen LogP contribution >= 0.6 is 34.8 Å². The van der Waals surface area contributed by atoms with E-state index in [2.05, 4.69) is 10.6 Å². The maximum absolute atomic E-state index is 12.3. The number of rotatable bonds is 4. The van der Waals surface area contributed by atoms with E-state index in [9.17, 15) is 9.59 Å². The predicted octanol–water partition coefficient (Wildman–Crippen LogP) is 4.79. The molecule has 0 aromatic heterocycles. The molecule has 1 aliphatic carbocycles. The maximum Gasteiger partial charge on any atom is 0.257 e. The Labute approximate surface area is 154 Å². The lowest BCUT2D eigenvalue weighted by molar-refractivity contribution is 0.0950. The van der Waals surface area contributed by atoms with Crippen molar-refractivity contribution in [1.82, 2.24) is 5.32 Å². The third-order valence-corrected chi connectivity index (χ3v) is 4.43. The van der Waals surface area contributed by atoms with Crippen LogP contribution in [0.3, 0.4) is 0 Å². The van der Waals surface area contributed by atoms with Crippen LogP contribution in [0.2, 0.25) is 15.1 Å². The molecule has 1 saturated carbocycles. The first-order valence-electron chi connectivity index (χ1n) is 7.31. The Hall–Kier alpha value is -1.75. The van der Waals surface area contributed by atoms with Crippen LogP contribution < -0.4 is 10.6 Å². The summed E-state index contributed by atoms with van der Waals surface area (Å²) in [5, 5.41) is 6.53. The zero-order valence-corrected chi connectivity index (χ0v) is 14.7. The van der Waals surface area contributed by atoms with Crippen LogP contribution in [-0.4, -0.2) is 17.9 Å². The highest BCUT2D eigenvalue weighted by Crippen LogP contribution is 2.25. The highest BCUT2D eigenvalue weighted by molar-refractivity contribution is 6.36. The number of amides is 2. The van der Waals surface area contributed by atoms with Gasteiger partial charge in [-0.25, -0.2) is 0 Å². The SMILES string of the molecule is O=C(Nc1ccc(C(=O)NC2CC2)c(Cl)c1)c1cc(Cl)ccc1Cl. The molecule has 124 valence electrons. The molecule has 0 unspecified atom stereocenters. The standard InChI is InChI=1S/C17H13Cl3N2O2/c18-9-1-6-14(19)13(7-9)17(24)22-11-4-5-12(15(20)8-11)16(23)21-10-2-3-10/h1,4-8,10H,2-3H2,(H,21,23)(H,22,24). The van der Waals surface area contributed by atoms with E-state index in [1.54, 1.807) is 24.3 Å². The highest BCUT2D eigenvalue weighted by Gasteiger charge is 2.24. The molecule has 0 saturated heterocycles. The molecular formula is C17H13Cl3N2O2. The molecule has 0 bridgehead atoms. The van der Waals surface area contributed by atoms with Crippen molar-refractivity contribution in [3.05, 3.63) is 62.6 Å². The van der Waals surface area contributed by atoms with Gasteiger partial charge in [-0.05, 0) is 49.2 Å². The number of benzene rings is 2. The lowest BCUT2D eigenvalue weighted by Gasteiger charge is -2.10. The van der Waals surface area contributed by atoms with E-state index < -0.39 is 5.91 Å². The first-order valence-corrected chi connectivity index (χ1v) is 8.44. The molecule has 4 nitrogen and oxygen atoms in total. The summed E-state index contributed by atoms with van der Waals surface area (Å²) >= 11 is 18.1. The molecule has 0 aliphatic heterocycles. The molecule has 2 amide bonds. The van der Waals surface area contributed by atoms with Crippen LogP contribution in [-0.2, 0) is 0 Å². The van der Waals surface area contributed by atoms with E-state index >= 15 is 0 Å². The van der Waals surface area contributed by atoms with Crippen LogP contribution in [0.4, 0.5) is 5.69 Å². The van der Waals surface area contributed by atoms with Gasteiger partial charge < -0.3 is 10.6 Å². The van der Waals surface area contributed by atoms with Gasteiger partial charge in [0.2, 0.25) is 0 Å². The number of anilines is 1. The third kappa shape index (κ3) is 4.01. The van der Waals surface area contributed by atoms with Gasteiger partial charge in [0, 0.05) is 16.8 Å². The molecule has 0 spiro atoms. The Bertz CT molecular complexity index is 819. The molecule has 0 heterocycles. The molecule has 1 aliphatic rings. The number of hydrogen-bond acceptors (Lipinski definition) is 2. The Morgan fingerprint density at radius 1 is 0.875 bits per heavy atom. The largest absolute Gasteiger partial charge is 0.349 e. The molecular weight excluding hydrogens is 371 g/mol. The van der Waals surface area contributed by atoms with Crippen molar-refractivity contribution < 1.29 is 9.59 Å². The summed E-state index contributed by atoms with van der Waals surface area (Å²) in [7, 11) is 0. The van der Waals surface area contributed by atoms with Gasteiger partial charge in [0.05, 0.1) is 21.2 Å². The fourth-order valence-corrected chi connectivity index (χ4v) is 2.78. The smallest absolute Gasteiger partial charge is 0.257 e. The van der Waals surface area contributed by atoms with Gasteiger partial charge in [-0.3, -0.25) is 9.59 Å². The van der Waals surface area contributed by atoms with Crippen molar-refractivity contribution >= 4 is 52.3 Å². The van der Waals surface area contributed by atoms with E-state index in [1.165, 1.54) is 12.1 Å².